The summed E-state index contributed by atoms with van der Waals surface area (Å²) in [6.07, 6.45) is 0.382. The highest BCUT2D eigenvalue weighted by Crippen LogP contribution is 2.23. The van der Waals surface area contributed by atoms with Crippen molar-refractivity contribution in [1.82, 2.24) is 4.90 Å². The Morgan fingerprint density at radius 1 is 1.33 bits per heavy atom. The van der Waals surface area contributed by atoms with E-state index in [2.05, 4.69) is 0 Å². The fourth-order valence-corrected chi connectivity index (χ4v) is 2.42. The number of carbonyl (C=O) groups is 1. The Balaban J connectivity index is 2.93. The van der Waals surface area contributed by atoms with Crippen molar-refractivity contribution in [1.29, 1.82) is 0 Å². The monoisotopic (exact) mass is 289 g/mol. The number of carboxylic acids is 1. The second-order valence-electron chi connectivity index (χ2n) is 4.02. The van der Waals surface area contributed by atoms with Crippen LogP contribution in [0.15, 0.2) is 18.2 Å². The van der Waals surface area contributed by atoms with Crippen molar-refractivity contribution in [3.8, 4) is 0 Å². The summed E-state index contributed by atoms with van der Waals surface area (Å²) in [5, 5.41) is 10.4. The number of nitrogens with zero attached hydrogens (tertiary/aromatic N) is 1. The minimum absolute atomic E-state index is 0.382. The first kappa shape index (κ1) is 15.3. The smallest absolute Gasteiger partial charge is 0.321 e. The molecule has 0 unspecified atom stereocenters. The Morgan fingerprint density at radius 2 is 1.94 bits per heavy atom. The van der Waals surface area contributed by atoms with Crippen LogP contribution in [0.5, 0.6) is 0 Å². The van der Waals surface area contributed by atoms with Crippen LogP contribution in [-0.4, -0.2) is 35.1 Å². The van der Waals surface area contributed by atoms with Crippen LogP contribution in [0.3, 0.4) is 0 Å². The topological polar surface area (TPSA) is 40.5 Å². The second kappa shape index (κ2) is 6.98. The van der Waals surface area contributed by atoms with E-state index in [1.807, 2.05) is 18.7 Å². The molecule has 0 aliphatic heterocycles. The minimum Gasteiger partial charge on any atom is -0.480 e. The first-order valence-electron chi connectivity index (χ1n) is 5.90. The molecule has 0 bridgehead atoms. The van der Waals surface area contributed by atoms with Crippen LogP contribution >= 0.6 is 23.2 Å². The Kier molecular flexibility index (Phi) is 5.93. The van der Waals surface area contributed by atoms with Gasteiger partial charge in [0.2, 0.25) is 0 Å². The molecule has 18 heavy (non-hydrogen) atoms. The first-order chi connectivity index (χ1) is 8.49. The van der Waals surface area contributed by atoms with Gasteiger partial charge in [-0.1, -0.05) is 43.1 Å². The Labute approximate surface area is 117 Å². The fraction of sp³-hybridized carbons (Fsp3) is 0.462. The summed E-state index contributed by atoms with van der Waals surface area (Å²) in [6.45, 7) is 5.28. The molecular formula is C13H17Cl2NO2. The highest BCUT2D eigenvalue weighted by molar-refractivity contribution is 6.35. The van der Waals surface area contributed by atoms with Gasteiger partial charge < -0.3 is 5.11 Å². The molecule has 1 rings (SSSR count). The molecule has 0 aliphatic carbocycles. The maximum absolute atomic E-state index is 11.3. The van der Waals surface area contributed by atoms with Crippen molar-refractivity contribution in [2.24, 2.45) is 0 Å². The molecular weight excluding hydrogens is 273 g/mol. The third kappa shape index (κ3) is 3.87. The zero-order valence-corrected chi connectivity index (χ0v) is 12.0. The van der Waals surface area contributed by atoms with Crippen LogP contribution in [0.2, 0.25) is 10.0 Å². The summed E-state index contributed by atoms with van der Waals surface area (Å²) in [5.41, 5.74) is 0.806. The van der Waals surface area contributed by atoms with E-state index in [0.717, 1.165) is 5.56 Å². The maximum atomic E-state index is 11.3. The molecule has 0 aliphatic rings. The quantitative estimate of drug-likeness (QED) is 0.873. The molecule has 0 heterocycles. The zero-order valence-electron chi connectivity index (χ0n) is 10.5. The average molecular weight is 290 g/mol. The number of likely N-dealkylation sites (N-methyl/N-ethyl adjacent to an activating group) is 1. The van der Waals surface area contributed by atoms with Crippen LogP contribution in [-0.2, 0) is 11.2 Å². The lowest BCUT2D eigenvalue weighted by Crippen LogP contribution is -2.42. The average Bonchev–Trinajstić information content (AvgIpc) is 2.31. The number of hydrogen-bond acceptors (Lipinski definition) is 2. The Hall–Kier alpha value is -0.770. The van der Waals surface area contributed by atoms with Gasteiger partial charge in [0.25, 0.3) is 0 Å². The van der Waals surface area contributed by atoms with Crippen molar-refractivity contribution in [2.75, 3.05) is 13.1 Å². The molecule has 100 valence electrons. The second-order valence-corrected chi connectivity index (χ2v) is 4.86. The molecule has 1 aromatic carbocycles. The van der Waals surface area contributed by atoms with Gasteiger partial charge in [-0.2, -0.15) is 0 Å². The van der Waals surface area contributed by atoms with Gasteiger partial charge in [0.05, 0.1) is 0 Å². The van der Waals surface area contributed by atoms with Crippen molar-refractivity contribution < 1.29 is 9.90 Å². The lowest BCUT2D eigenvalue weighted by Gasteiger charge is -2.26. The molecule has 1 aromatic rings. The standard InChI is InChI=1S/C13H17Cl2NO2/c1-3-16(4-2)12(13(17)18)7-9-5-6-10(14)8-11(9)15/h5-6,8,12H,3-4,7H2,1-2H3,(H,17,18)/t12-/m1/s1. The summed E-state index contributed by atoms with van der Waals surface area (Å²) in [4.78, 5) is 13.2. The van der Waals surface area contributed by atoms with Gasteiger partial charge in [0.15, 0.2) is 0 Å². The van der Waals surface area contributed by atoms with Crippen LogP contribution in [0.4, 0.5) is 0 Å². The highest BCUT2D eigenvalue weighted by Gasteiger charge is 2.24. The van der Waals surface area contributed by atoms with E-state index in [0.29, 0.717) is 29.6 Å². The van der Waals surface area contributed by atoms with Crippen LogP contribution in [0.25, 0.3) is 0 Å². The molecule has 1 N–H and O–H groups in total. The number of halogens is 2. The van der Waals surface area contributed by atoms with Gasteiger partial charge in [0, 0.05) is 16.5 Å². The molecule has 0 aromatic heterocycles. The lowest BCUT2D eigenvalue weighted by molar-refractivity contribution is -0.143. The highest BCUT2D eigenvalue weighted by atomic mass is 35.5. The molecule has 0 radical (unpaired) electrons. The van der Waals surface area contributed by atoms with Crippen LogP contribution in [0, 0.1) is 0 Å². The number of hydrogen-bond donors (Lipinski definition) is 1. The van der Waals surface area contributed by atoms with Crippen molar-refractivity contribution in [3.05, 3.63) is 33.8 Å². The zero-order chi connectivity index (χ0) is 13.7. The number of rotatable bonds is 6. The van der Waals surface area contributed by atoms with Gasteiger partial charge in [-0.15, -0.1) is 0 Å². The van der Waals surface area contributed by atoms with Gasteiger partial charge in [0.1, 0.15) is 6.04 Å². The Morgan fingerprint density at radius 3 is 2.39 bits per heavy atom. The first-order valence-corrected chi connectivity index (χ1v) is 6.66. The van der Waals surface area contributed by atoms with Crippen LogP contribution < -0.4 is 0 Å². The van der Waals surface area contributed by atoms with Crippen molar-refractivity contribution in [3.63, 3.8) is 0 Å². The Bertz CT molecular complexity index is 419. The normalized spacial score (nSPS) is 12.7. The van der Waals surface area contributed by atoms with Crippen LogP contribution in [0.1, 0.15) is 19.4 Å². The molecule has 0 saturated carbocycles. The molecule has 0 fully saturated rings. The van der Waals surface area contributed by atoms with E-state index in [1.54, 1.807) is 18.2 Å². The molecule has 1 atom stereocenters. The van der Waals surface area contributed by atoms with Crippen molar-refractivity contribution in [2.45, 2.75) is 26.3 Å². The summed E-state index contributed by atoms with van der Waals surface area (Å²) in [7, 11) is 0. The molecule has 3 nitrogen and oxygen atoms in total. The predicted octanol–water partition coefficient (Wildman–Crippen LogP) is 3.33. The van der Waals surface area contributed by atoms with E-state index in [-0.39, 0.29) is 0 Å². The van der Waals surface area contributed by atoms with E-state index in [1.165, 1.54) is 0 Å². The summed E-state index contributed by atoms with van der Waals surface area (Å²) in [5.74, 6) is -0.829. The largest absolute Gasteiger partial charge is 0.480 e. The number of aliphatic carboxylic acids is 1. The molecule has 0 spiro atoms. The maximum Gasteiger partial charge on any atom is 0.321 e. The predicted molar refractivity (Wildman–Crippen MR) is 74.5 cm³/mol. The summed E-state index contributed by atoms with van der Waals surface area (Å²) in [6, 6.07) is 4.59. The third-order valence-corrected chi connectivity index (χ3v) is 3.55. The summed E-state index contributed by atoms with van der Waals surface area (Å²) < 4.78 is 0. The van der Waals surface area contributed by atoms with E-state index in [9.17, 15) is 9.90 Å². The lowest BCUT2D eigenvalue weighted by atomic mass is 10.0. The molecule has 0 amide bonds. The third-order valence-electron chi connectivity index (χ3n) is 2.97. The van der Waals surface area contributed by atoms with E-state index < -0.39 is 12.0 Å². The summed E-state index contributed by atoms with van der Waals surface area (Å²) >= 11 is 11.9. The number of benzene rings is 1. The van der Waals surface area contributed by atoms with Gasteiger partial charge in [-0.3, -0.25) is 9.69 Å². The minimum atomic E-state index is -0.829. The van der Waals surface area contributed by atoms with Gasteiger partial charge in [-0.25, -0.2) is 0 Å². The van der Waals surface area contributed by atoms with Gasteiger partial charge in [-0.05, 0) is 30.8 Å². The molecule has 5 heteroatoms. The van der Waals surface area contributed by atoms with Gasteiger partial charge >= 0.3 is 5.97 Å². The van der Waals surface area contributed by atoms with Crippen molar-refractivity contribution >= 4 is 29.2 Å². The fourth-order valence-electron chi connectivity index (χ4n) is 1.93. The van der Waals surface area contributed by atoms with E-state index >= 15 is 0 Å². The SMILES string of the molecule is CCN(CC)[C@H](Cc1ccc(Cl)cc1Cl)C(=O)O. The number of carboxylic acid groups (broad SMARTS) is 1. The van der Waals surface area contributed by atoms with E-state index in [4.69, 9.17) is 23.2 Å². The molecule has 0 saturated heterocycles.